The summed E-state index contributed by atoms with van der Waals surface area (Å²) in [4.78, 5) is 0. The molecule has 4 aliphatic carbocycles. The van der Waals surface area contributed by atoms with E-state index in [1.54, 1.807) is 4.68 Å². The monoisotopic (exact) mass is 362 g/mol. The lowest BCUT2D eigenvalue weighted by atomic mass is 9.49. The van der Waals surface area contributed by atoms with Gasteiger partial charge in [-0.25, -0.2) is 0 Å². The molecule has 22 heavy (non-hydrogen) atoms. The van der Waals surface area contributed by atoms with Crippen LogP contribution in [-0.4, -0.2) is 20.0 Å². The third-order valence-electron chi connectivity index (χ3n) is 5.90. The molecule has 4 fully saturated rings. The zero-order valence-corrected chi connectivity index (χ0v) is 14.2. The molecule has 4 saturated carbocycles. The quantitative estimate of drug-likeness (QED) is 0.817. The lowest BCUT2D eigenvalue weighted by molar-refractivity contribution is -0.0176. The first-order valence-electron chi connectivity index (χ1n) is 8.15. The van der Waals surface area contributed by atoms with Crippen molar-refractivity contribution in [2.75, 3.05) is 0 Å². The van der Waals surface area contributed by atoms with Crippen molar-refractivity contribution in [2.24, 2.45) is 24.8 Å². The van der Waals surface area contributed by atoms with Gasteiger partial charge in [0.05, 0.1) is 4.47 Å². The summed E-state index contributed by atoms with van der Waals surface area (Å²) in [5.41, 5.74) is 0.896. The molecule has 0 saturated heterocycles. The number of halogens is 1. The number of nitrogens with zero attached hydrogens (tertiary/aromatic N) is 4. The Morgan fingerprint density at radius 2 is 1.77 bits per heavy atom. The molecule has 4 bridgehead atoms. The van der Waals surface area contributed by atoms with Crippen molar-refractivity contribution in [1.29, 1.82) is 0 Å². The topological polar surface area (TPSA) is 56.7 Å². The van der Waals surface area contributed by atoms with Crippen LogP contribution in [0.5, 0.6) is 0 Å². The minimum absolute atomic E-state index is 0.154. The van der Waals surface area contributed by atoms with Crippen molar-refractivity contribution in [3.63, 3.8) is 0 Å². The molecule has 5 nitrogen and oxygen atoms in total. The number of hydrogen-bond donors (Lipinski definition) is 0. The zero-order valence-electron chi connectivity index (χ0n) is 12.6. The molecule has 0 unspecified atom stereocenters. The van der Waals surface area contributed by atoms with Gasteiger partial charge in [0.1, 0.15) is 0 Å². The first-order chi connectivity index (χ1) is 10.6. The van der Waals surface area contributed by atoms with E-state index in [0.717, 1.165) is 33.8 Å². The van der Waals surface area contributed by atoms with Gasteiger partial charge in [-0.1, -0.05) is 0 Å². The van der Waals surface area contributed by atoms with Crippen LogP contribution in [0.1, 0.15) is 44.4 Å². The Bertz CT molecular complexity index is 699. The minimum atomic E-state index is 0.154. The van der Waals surface area contributed by atoms with Gasteiger partial charge in [-0.3, -0.25) is 4.68 Å². The second kappa shape index (κ2) is 4.43. The Morgan fingerprint density at radius 1 is 1.14 bits per heavy atom. The third-order valence-corrected chi connectivity index (χ3v) is 6.48. The molecular weight excluding hydrogens is 344 g/mol. The first-order valence-corrected chi connectivity index (χ1v) is 8.94. The molecule has 0 N–H and O–H groups in total. The van der Waals surface area contributed by atoms with Gasteiger partial charge >= 0.3 is 0 Å². The molecule has 2 aromatic rings. The number of aryl methyl sites for hydroxylation is 1. The predicted octanol–water partition coefficient (Wildman–Crippen LogP) is 3.70. The molecule has 0 aromatic carbocycles. The normalized spacial score (nSPS) is 36.2. The summed E-state index contributed by atoms with van der Waals surface area (Å²) in [7, 11) is 1.89. The fraction of sp³-hybridized carbons (Fsp3) is 0.688. The van der Waals surface area contributed by atoms with E-state index < -0.39 is 0 Å². The Labute approximate surface area is 137 Å². The van der Waals surface area contributed by atoms with Gasteiger partial charge in [-0.15, -0.1) is 10.2 Å². The highest BCUT2D eigenvalue weighted by molar-refractivity contribution is 9.10. The molecule has 2 aromatic heterocycles. The molecule has 2 heterocycles. The molecule has 0 radical (unpaired) electrons. The summed E-state index contributed by atoms with van der Waals surface area (Å²) in [6, 6.07) is 0. The minimum Gasteiger partial charge on any atom is -0.419 e. The van der Waals surface area contributed by atoms with Crippen LogP contribution in [0.25, 0.3) is 11.6 Å². The molecule has 6 heteroatoms. The van der Waals surface area contributed by atoms with Gasteiger partial charge in [0.15, 0.2) is 5.69 Å². The Balaban J connectivity index is 1.53. The van der Waals surface area contributed by atoms with Crippen LogP contribution in [0.2, 0.25) is 0 Å². The predicted molar refractivity (Wildman–Crippen MR) is 84.1 cm³/mol. The van der Waals surface area contributed by atoms with Crippen molar-refractivity contribution >= 4 is 15.9 Å². The molecule has 0 amide bonds. The summed E-state index contributed by atoms with van der Waals surface area (Å²) in [5.74, 6) is 4.03. The van der Waals surface area contributed by atoms with Gasteiger partial charge in [0.25, 0.3) is 5.89 Å². The van der Waals surface area contributed by atoms with Crippen molar-refractivity contribution in [3.8, 4) is 11.6 Å². The smallest absolute Gasteiger partial charge is 0.269 e. The maximum absolute atomic E-state index is 6.12. The van der Waals surface area contributed by atoms with Crippen molar-refractivity contribution in [1.82, 2.24) is 20.0 Å². The molecule has 0 aliphatic heterocycles. The summed E-state index contributed by atoms with van der Waals surface area (Å²) >= 11 is 3.52. The van der Waals surface area contributed by atoms with Gasteiger partial charge < -0.3 is 4.42 Å². The van der Waals surface area contributed by atoms with Crippen LogP contribution in [0.15, 0.2) is 15.1 Å². The zero-order chi connectivity index (χ0) is 14.9. The van der Waals surface area contributed by atoms with E-state index in [4.69, 9.17) is 4.42 Å². The highest BCUT2D eigenvalue weighted by atomic mass is 79.9. The highest BCUT2D eigenvalue weighted by Crippen LogP contribution is 2.60. The number of rotatable bonds is 2. The third kappa shape index (κ3) is 1.85. The van der Waals surface area contributed by atoms with E-state index >= 15 is 0 Å². The van der Waals surface area contributed by atoms with E-state index in [9.17, 15) is 0 Å². The summed E-state index contributed by atoms with van der Waals surface area (Å²) in [6.07, 6.45) is 9.89. The number of hydrogen-bond acceptors (Lipinski definition) is 4. The van der Waals surface area contributed by atoms with Crippen LogP contribution in [0.3, 0.4) is 0 Å². The maximum atomic E-state index is 6.12. The van der Waals surface area contributed by atoms with Gasteiger partial charge in [-0.05, 0) is 72.2 Å². The van der Waals surface area contributed by atoms with Crippen molar-refractivity contribution < 1.29 is 4.42 Å². The Morgan fingerprint density at radius 3 is 2.32 bits per heavy atom. The van der Waals surface area contributed by atoms with E-state index in [-0.39, 0.29) is 5.41 Å². The van der Waals surface area contributed by atoms with Crippen LogP contribution in [0.4, 0.5) is 0 Å². The van der Waals surface area contributed by atoms with Crippen molar-refractivity contribution in [3.05, 3.63) is 16.6 Å². The van der Waals surface area contributed by atoms with Gasteiger partial charge in [0, 0.05) is 18.7 Å². The van der Waals surface area contributed by atoms with E-state index in [1.165, 1.54) is 38.5 Å². The largest absolute Gasteiger partial charge is 0.419 e. The summed E-state index contributed by atoms with van der Waals surface area (Å²) in [6.45, 7) is 0. The first kappa shape index (κ1) is 13.3. The van der Waals surface area contributed by atoms with Crippen LogP contribution in [0, 0.1) is 17.8 Å². The second-order valence-corrected chi connectivity index (χ2v) is 8.46. The summed E-state index contributed by atoms with van der Waals surface area (Å²) < 4.78 is 8.78. The molecule has 0 spiro atoms. The average Bonchev–Trinajstić information content (AvgIpc) is 3.04. The summed E-state index contributed by atoms with van der Waals surface area (Å²) in [5, 5.41) is 13.2. The second-order valence-electron chi connectivity index (χ2n) is 7.61. The lowest BCUT2D eigenvalue weighted by Crippen LogP contribution is -2.48. The van der Waals surface area contributed by atoms with E-state index in [2.05, 4.69) is 31.2 Å². The van der Waals surface area contributed by atoms with Crippen LogP contribution >= 0.6 is 15.9 Å². The van der Waals surface area contributed by atoms with Gasteiger partial charge in [-0.2, -0.15) is 5.10 Å². The molecular formula is C16H19BrN4O. The fourth-order valence-corrected chi connectivity index (χ4v) is 6.06. The molecule has 0 atom stereocenters. The number of aromatic nitrogens is 4. The Hall–Kier alpha value is -1.17. The van der Waals surface area contributed by atoms with Crippen LogP contribution < -0.4 is 0 Å². The van der Waals surface area contributed by atoms with E-state index in [0.29, 0.717) is 5.89 Å². The average molecular weight is 363 g/mol. The maximum Gasteiger partial charge on any atom is 0.269 e. The van der Waals surface area contributed by atoms with Gasteiger partial charge in [0.2, 0.25) is 5.89 Å². The fourth-order valence-electron chi connectivity index (χ4n) is 5.51. The highest BCUT2D eigenvalue weighted by Gasteiger charge is 2.54. The Kier molecular flexibility index (Phi) is 2.68. The molecule has 116 valence electrons. The molecule has 4 aliphatic rings. The SMILES string of the molecule is Cn1cc(Br)c(-c2nnc(C34CC5CC(CC(C5)C3)C4)o2)n1. The lowest BCUT2D eigenvalue weighted by Gasteiger charge is -2.55. The molecule has 6 rings (SSSR count). The standard InChI is InChI=1S/C16H19BrN4O/c1-21-8-12(17)13(20-21)14-18-19-15(22-14)16-5-9-2-10(6-16)4-11(3-9)7-16/h8-11H,2-7H2,1H3. The van der Waals surface area contributed by atoms with Crippen LogP contribution in [-0.2, 0) is 12.5 Å². The van der Waals surface area contributed by atoms with Crippen molar-refractivity contribution in [2.45, 2.75) is 43.9 Å². The van der Waals surface area contributed by atoms with E-state index in [1.807, 2.05) is 13.2 Å².